The second kappa shape index (κ2) is 11.4. The largest absolute Gasteiger partial charge is 0.349 e. The van der Waals surface area contributed by atoms with Gasteiger partial charge in [0.1, 0.15) is 0 Å². The van der Waals surface area contributed by atoms with Crippen LogP contribution in [-0.2, 0) is 4.79 Å². The molecule has 0 aromatic heterocycles. The van der Waals surface area contributed by atoms with Gasteiger partial charge < -0.3 is 16.0 Å². The predicted octanol–water partition coefficient (Wildman–Crippen LogP) is 4.20. The standard InChI is InChI=1S/C22H33N3O2.ClH/c1-16-15-18(22(27)24-19-5-3-2-4-6-19)8-9-20(16)25-21(26)10-7-17-11-13-23-14-12-17;/h8-9,15,17,19,23H,2-7,10-14H2,1H3,(H,24,27)(H,25,26);1H. The quantitative estimate of drug-likeness (QED) is 0.661. The van der Waals surface area contributed by atoms with Gasteiger partial charge in [-0.15, -0.1) is 12.4 Å². The summed E-state index contributed by atoms with van der Waals surface area (Å²) in [4.78, 5) is 24.8. The van der Waals surface area contributed by atoms with Crippen molar-refractivity contribution in [1.29, 1.82) is 0 Å². The average molecular weight is 408 g/mol. The number of hydrogen-bond donors (Lipinski definition) is 3. The summed E-state index contributed by atoms with van der Waals surface area (Å²) in [7, 11) is 0. The van der Waals surface area contributed by atoms with Crippen LogP contribution in [0.4, 0.5) is 5.69 Å². The molecule has 156 valence electrons. The van der Waals surface area contributed by atoms with Gasteiger partial charge >= 0.3 is 0 Å². The molecule has 0 radical (unpaired) electrons. The van der Waals surface area contributed by atoms with Gasteiger partial charge in [0.15, 0.2) is 0 Å². The lowest BCUT2D eigenvalue weighted by molar-refractivity contribution is -0.116. The van der Waals surface area contributed by atoms with E-state index in [1.165, 1.54) is 19.3 Å². The highest BCUT2D eigenvalue weighted by molar-refractivity contribution is 5.96. The maximum absolute atomic E-state index is 12.5. The van der Waals surface area contributed by atoms with Crippen LogP contribution in [-0.4, -0.2) is 30.9 Å². The van der Waals surface area contributed by atoms with Crippen LogP contribution in [0.1, 0.15) is 73.7 Å². The smallest absolute Gasteiger partial charge is 0.251 e. The summed E-state index contributed by atoms with van der Waals surface area (Å²) in [6.07, 6.45) is 9.68. The van der Waals surface area contributed by atoms with Crippen molar-refractivity contribution in [3.8, 4) is 0 Å². The predicted molar refractivity (Wildman–Crippen MR) is 116 cm³/mol. The van der Waals surface area contributed by atoms with Crippen molar-refractivity contribution in [1.82, 2.24) is 10.6 Å². The number of hydrogen-bond acceptors (Lipinski definition) is 3. The van der Waals surface area contributed by atoms with Crippen LogP contribution < -0.4 is 16.0 Å². The first kappa shape index (κ1) is 22.7. The Labute approximate surface area is 174 Å². The molecule has 3 rings (SSSR count). The van der Waals surface area contributed by atoms with Gasteiger partial charge in [0.25, 0.3) is 5.91 Å². The number of carbonyl (C=O) groups excluding carboxylic acids is 2. The average Bonchev–Trinajstić information content (AvgIpc) is 2.69. The summed E-state index contributed by atoms with van der Waals surface area (Å²) < 4.78 is 0. The number of nitrogens with one attached hydrogen (secondary N) is 3. The second-order valence-corrected chi connectivity index (χ2v) is 8.12. The lowest BCUT2D eigenvalue weighted by Crippen LogP contribution is -2.36. The SMILES string of the molecule is Cc1cc(C(=O)NC2CCCCC2)ccc1NC(=O)CCC1CCNCC1.Cl. The van der Waals surface area contributed by atoms with Crippen molar-refractivity contribution in [2.75, 3.05) is 18.4 Å². The van der Waals surface area contributed by atoms with Crippen LogP contribution in [0.2, 0.25) is 0 Å². The van der Waals surface area contributed by atoms with Crippen LogP contribution in [0.3, 0.4) is 0 Å². The lowest BCUT2D eigenvalue weighted by atomic mass is 9.93. The van der Waals surface area contributed by atoms with E-state index >= 15 is 0 Å². The molecule has 28 heavy (non-hydrogen) atoms. The van der Waals surface area contributed by atoms with E-state index in [1.807, 2.05) is 25.1 Å². The first-order chi connectivity index (χ1) is 13.1. The summed E-state index contributed by atoms with van der Waals surface area (Å²) in [5.74, 6) is 0.716. The van der Waals surface area contributed by atoms with Crippen molar-refractivity contribution < 1.29 is 9.59 Å². The zero-order valence-corrected chi connectivity index (χ0v) is 17.7. The van der Waals surface area contributed by atoms with Crippen molar-refractivity contribution in [2.45, 2.75) is 70.8 Å². The van der Waals surface area contributed by atoms with Gasteiger partial charge in [0, 0.05) is 23.7 Å². The Morgan fingerprint density at radius 1 is 1.07 bits per heavy atom. The Morgan fingerprint density at radius 2 is 1.79 bits per heavy atom. The molecule has 1 saturated carbocycles. The fourth-order valence-corrected chi connectivity index (χ4v) is 4.18. The summed E-state index contributed by atoms with van der Waals surface area (Å²) in [6.45, 7) is 4.07. The first-order valence-corrected chi connectivity index (χ1v) is 10.5. The molecule has 1 aromatic rings. The Morgan fingerprint density at radius 3 is 2.46 bits per heavy atom. The Bertz CT molecular complexity index is 653. The van der Waals surface area contributed by atoms with E-state index in [0.29, 0.717) is 23.9 Å². The third-order valence-electron chi connectivity index (χ3n) is 5.94. The van der Waals surface area contributed by atoms with E-state index in [1.54, 1.807) is 0 Å². The Kier molecular flexibility index (Phi) is 9.26. The van der Waals surface area contributed by atoms with E-state index in [2.05, 4.69) is 16.0 Å². The van der Waals surface area contributed by atoms with Crippen molar-refractivity contribution in [3.63, 3.8) is 0 Å². The highest BCUT2D eigenvalue weighted by Crippen LogP contribution is 2.21. The number of halogens is 1. The number of benzene rings is 1. The van der Waals surface area contributed by atoms with E-state index in [-0.39, 0.29) is 24.2 Å². The molecule has 0 spiro atoms. The number of aryl methyl sites for hydroxylation is 1. The monoisotopic (exact) mass is 407 g/mol. The molecule has 0 atom stereocenters. The fourth-order valence-electron chi connectivity index (χ4n) is 4.18. The fraction of sp³-hybridized carbons (Fsp3) is 0.636. The molecule has 1 aliphatic carbocycles. The van der Waals surface area contributed by atoms with Gasteiger partial charge in [-0.2, -0.15) is 0 Å². The van der Waals surface area contributed by atoms with Gasteiger partial charge in [-0.05, 0) is 81.8 Å². The van der Waals surface area contributed by atoms with Gasteiger partial charge in [0.05, 0.1) is 0 Å². The lowest BCUT2D eigenvalue weighted by Gasteiger charge is -2.23. The molecule has 1 saturated heterocycles. The minimum atomic E-state index is -0.00576. The molecule has 2 aliphatic rings. The molecule has 1 heterocycles. The molecule has 2 amide bonds. The molecule has 1 aromatic carbocycles. The maximum atomic E-state index is 12.5. The Hall–Kier alpha value is -1.59. The van der Waals surface area contributed by atoms with E-state index in [4.69, 9.17) is 0 Å². The minimum absolute atomic E-state index is 0. The second-order valence-electron chi connectivity index (χ2n) is 8.12. The molecule has 0 unspecified atom stereocenters. The van der Waals surface area contributed by atoms with Crippen molar-refractivity contribution >= 4 is 29.9 Å². The van der Waals surface area contributed by atoms with Crippen LogP contribution in [0.25, 0.3) is 0 Å². The van der Waals surface area contributed by atoms with Crippen LogP contribution in [0.5, 0.6) is 0 Å². The third-order valence-corrected chi connectivity index (χ3v) is 5.94. The summed E-state index contributed by atoms with van der Waals surface area (Å²) in [5.41, 5.74) is 2.41. The van der Waals surface area contributed by atoms with Crippen LogP contribution >= 0.6 is 12.4 Å². The molecule has 0 bridgehead atoms. The summed E-state index contributed by atoms with van der Waals surface area (Å²) in [5, 5.41) is 9.52. The van der Waals surface area contributed by atoms with E-state index in [0.717, 1.165) is 56.4 Å². The van der Waals surface area contributed by atoms with E-state index in [9.17, 15) is 9.59 Å². The number of rotatable bonds is 6. The van der Waals surface area contributed by atoms with Gasteiger partial charge in [-0.1, -0.05) is 19.3 Å². The Balaban J connectivity index is 0.00000280. The summed E-state index contributed by atoms with van der Waals surface area (Å²) in [6, 6.07) is 5.85. The van der Waals surface area contributed by atoms with Crippen LogP contribution in [0.15, 0.2) is 18.2 Å². The number of piperidine rings is 1. The molecule has 1 aliphatic heterocycles. The molecule has 3 N–H and O–H groups in total. The molecule has 2 fully saturated rings. The van der Waals surface area contributed by atoms with Crippen LogP contribution in [0, 0.1) is 12.8 Å². The number of carbonyl (C=O) groups is 2. The zero-order valence-electron chi connectivity index (χ0n) is 16.9. The van der Waals surface area contributed by atoms with Crippen molar-refractivity contribution in [3.05, 3.63) is 29.3 Å². The van der Waals surface area contributed by atoms with E-state index < -0.39 is 0 Å². The molecule has 6 heteroatoms. The number of anilines is 1. The molecular weight excluding hydrogens is 374 g/mol. The van der Waals surface area contributed by atoms with Gasteiger partial charge in [-0.3, -0.25) is 9.59 Å². The first-order valence-electron chi connectivity index (χ1n) is 10.5. The number of amides is 2. The highest BCUT2D eigenvalue weighted by Gasteiger charge is 2.18. The zero-order chi connectivity index (χ0) is 19.1. The molecule has 5 nitrogen and oxygen atoms in total. The van der Waals surface area contributed by atoms with Gasteiger partial charge in [0.2, 0.25) is 5.91 Å². The topological polar surface area (TPSA) is 70.2 Å². The minimum Gasteiger partial charge on any atom is -0.349 e. The van der Waals surface area contributed by atoms with Gasteiger partial charge in [-0.25, -0.2) is 0 Å². The normalized spacial score (nSPS) is 18.2. The van der Waals surface area contributed by atoms with Crippen molar-refractivity contribution in [2.24, 2.45) is 5.92 Å². The highest BCUT2D eigenvalue weighted by atomic mass is 35.5. The molecular formula is C22H34ClN3O2. The third kappa shape index (κ3) is 6.78. The maximum Gasteiger partial charge on any atom is 0.251 e. The summed E-state index contributed by atoms with van der Waals surface area (Å²) >= 11 is 0.